The number of fused-ring (bicyclic) bond motifs is 1. The van der Waals surface area contributed by atoms with Crippen molar-refractivity contribution in [2.75, 3.05) is 0 Å². The number of aryl methyl sites for hydroxylation is 1. The third-order valence-electron chi connectivity index (χ3n) is 3.44. The summed E-state index contributed by atoms with van der Waals surface area (Å²) in [6.45, 7) is 1.82. The van der Waals surface area contributed by atoms with Crippen LogP contribution in [0, 0.1) is 12.7 Å². The lowest BCUT2D eigenvalue weighted by Gasteiger charge is -1.97. The highest BCUT2D eigenvalue weighted by molar-refractivity contribution is 5.98. The first kappa shape index (κ1) is 12.4. The molecule has 102 valence electrons. The Morgan fingerprint density at radius 3 is 2.85 bits per heavy atom. The number of halogens is 1. The van der Waals surface area contributed by atoms with Gasteiger partial charge in [0, 0.05) is 29.8 Å². The van der Waals surface area contributed by atoms with E-state index in [4.69, 9.17) is 9.63 Å². The summed E-state index contributed by atoms with van der Waals surface area (Å²) in [4.78, 5) is 10.9. The van der Waals surface area contributed by atoms with Crippen molar-refractivity contribution in [3.05, 3.63) is 41.5 Å². The second-order valence-corrected chi connectivity index (χ2v) is 4.53. The smallest absolute Gasteiger partial charge is 0.374 e. The van der Waals surface area contributed by atoms with Gasteiger partial charge in [0.05, 0.1) is 5.52 Å². The van der Waals surface area contributed by atoms with Crippen molar-refractivity contribution < 1.29 is 18.8 Å². The molecule has 0 atom stereocenters. The molecule has 0 aliphatic rings. The minimum Gasteiger partial charge on any atom is -0.475 e. The fourth-order valence-electron chi connectivity index (χ4n) is 2.38. The third-order valence-corrected chi connectivity index (χ3v) is 3.44. The van der Waals surface area contributed by atoms with E-state index in [2.05, 4.69) is 5.16 Å². The highest BCUT2D eigenvalue weighted by atomic mass is 19.1. The van der Waals surface area contributed by atoms with Gasteiger partial charge in [-0.3, -0.25) is 0 Å². The topological polar surface area (TPSA) is 68.3 Å². The zero-order valence-corrected chi connectivity index (χ0v) is 10.8. The monoisotopic (exact) mass is 274 g/mol. The van der Waals surface area contributed by atoms with Crippen LogP contribution in [0.15, 0.2) is 28.8 Å². The summed E-state index contributed by atoms with van der Waals surface area (Å²) >= 11 is 0. The van der Waals surface area contributed by atoms with Crippen LogP contribution < -0.4 is 0 Å². The van der Waals surface area contributed by atoms with Gasteiger partial charge >= 0.3 is 5.97 Å². The molecule has 1 N–H and O–H groups in total. The molecule has 0 amide bonds. The van der Waals surface area contributed by atoms with Crippen LogP contribution >= 0.6 is 0 Å². The number of carboxylic acid groups (broad SMARTS) is 1. The summed E-state index contributed by atoms with van der Waals surface area (Å²) < 4.78 is 20.7. The predicted molar refractivity (Wildman–Crippen MR) is 70.1 cm³/mol. The normalized spacial score (nSPS) is 11.2. The van der Waals surface area contributed by atoms with Gasteiger partial charge in [0.25, 0.3) is 0 Å². The minimum absolute atomic E-state index is 0.271. The molecule has 1 aromatic carbocycles. The Morgan fingerprint density at radius 2 is 2.20 bits per heavy atom. The Labute approximate surface area is 113 Å². The number of hydrogen-bond acceptors (Lipinski definition) is 3. The van der Waals surface area contributed by atoms with Gasteiger partial charge < -0.3 is 14.2 Å². The molecule has 3 aromatic rings. The SMILES string of the molecule is Cc1c(-c2cc(C(=O)O)on2)c2c(F)cccc2n1C. The summed E-state index contributed by atoms with van der Waals surface area (Å²) in [6, 6.07) is 6.10. The van der Waals surface area contributed by atoms with Crippen molar-refractivity contribution in [1.29, 1.82) is 0 Å². The Morgan fingerprint density at radius 1 is 1.45 bits per heavy atom. The fourth-order valence-corrected chi connectivity index (χ4v) is 2.38. The molecular formula is C14H11FN2O3. The van der Waals surface area contributed by atoms with E-state index in [0.29, 0.717) is 16.6 Å². The van der Waals surface area contributed by atoms with E-state index in [0.717, 1.165) is 11.2 Å². The van der Waals surface area contributed by atoms with E-state index in [9.17, 15) is 9.18 Å². The molecule has 0 saturated carbocycles. The maximum absolute atomic E-state index is 14.1. The number of carboxylic acids is 1. The summed E-state index contributed by atoms with van der Waals surface area (Å²) in [5.74, 6) is -1.85. The molecule has 20 heavy (non-hydrogen) atoms. The van der Waals surface area contributed by atoms with Crippen molar-refractivity contribution in [3.8, 4) is 11.3 Å². The van der Waals surface area contributed by atoms with E-state index in [-0.39, 0.29) is 11.6 Å². The average Bonchev–Trinajstić information content (AvgIpc) is 2.97. The number of benzene rings is 1. The van der Waals surface area contributed by atoms with Gasteiger partial charge in [0.1, 0.15) is 11.5 Å². The molecule has 2 heterocycles. The second-order valence-electron chi connectivity index (χ2n) is 4.53. The molecular weight excluding hydrogens is 263 g/mol. The van der Waals surface area contributed by atoms with Gasteiger partial charge in [-0.2, -0.15) is 0 Å². The van der Waals surface area contributed by atoms with E-state index in [1.807, 2.05) is 18.5 Å². The number of carbonyl (C=O) groups is 1. The molecule has 0 spiro atoms. The van der Waals surface area contributed by atoms with E-state index in [1.54, 1.807) is 12.1 Å². The van der Waals surface area contributed by atoms with E-state index in [1.165, 1.54) is 12.1 Å². The van der Waals surface area contributed by atoms with Gasteiger partial charge in [-0.15, -0.1) is 0 Å². The minimum atomic E-state index is -1.21. The van der Waals surface area contributed by atoms with Gasteiger partial charge in [-0.1, -0.05) is 11.2 Å². The summed E-state index contributed by atoms with van der Waals surface area (Å²) in [7, 11) is 1.82. The van der Waals surface area contributed by atoms with Gasteiger partial charge in [0.15, 0.2) is 0 Å². The zero-order chi connectivity index (χ0) is 14.4. The Kier molecular flexibility index (Phi) is 2.60. The summed E-state index contributed by atoms with van der Waals surface area (Å²) in [5, 5.41) is 13.0. The Bertz CT molecular complexity index is 832. The molecule has 0 aliphatic carbocycles. The number of nitrogens with zero attached hydrogens (tertiary/aromatic N) is 2. The molecule has 6 heteroatoms. The van der Waals surface area contributed by atoms with Gasteiger partial charge in [-0.25, -0.2) is 9.18 Å². The first-order chi connectivity index (χ1) is 9.50. The molecule has 0 unspecified atom stereocenters. The Hall–Kier alpha value is -2.63. The van der Waals surface area contributed by atoms with Crippen LogP contribution in [-0.2, 0) is 7.05 Å². The highest BCUT2D eigenvalue weighted by Gasteiger charge is 2.21. The van der Waals surface area contributed by atoms with Crippen LogP contribution in [0.1, 0.15) is 16.2 Å². The quantitative estimate of drug-likeness (QED) is 0.780. The molecule has 0 fully saturated rings. The molecule has 0 saturated heterocycles. The number of aromatic nitrogens is 2. The molecule has 3 rings (SSSR count). The number of aromatic carboxylic acids is 1. The summed E-state index contributed by atoms with van der Waals surface area (Å²) in [6.07, 6.45) is 0. The van der Waals surface area contributed by atoms with Crippen molar-refractivity contribution in [2.24, 2.45) is 7.05 Å². The van der Waals surface area contributed by atoms with Gasteiger partial charge in [0.2, 0.25) is 5.76 Å². The Balaban J connectivity index is 2.35. The first-order valence-electron chi connectivity index (χ1n) is 5.94. The predicted octanol–water partition coefficient (Wildman–Crippen LogP) is 2.98. The second kappa shape index (κ2) is 4.19. The molecule has 0 bridgehead atoms. The van der Waals surface area contributed by atoms with Crippen LogP contribution in [0.25, 0.3) is 22.2 Å². The van der Waals surface area contributed by atoms with Crippen LogP contribution in [0.4, 0.5) is 4.39 Å². The lowest BCUT2D eigenvalue weighted by atomic mass is 10.1. The van der Waals surface area contributed by atoms with Crippen LogP contribution in [-0.4, -0.2) is 20.8 Å². The van der Waals surface area contributed by atoms with Crippen LogP contribution in [0.2, 0.25) is 0 Å². The molecule has 0 aliphatic heterocycles. The van der Waals surface area contributed by atoms with E-state index < -0.39 is 5.97 Å². The van der Waals surface area contributed by atoms with Crippen molar-refractivity contribution in [3.63, 3.8) is 0 Å². The zero-order valence-electron chi connectivity index (χ0n) is 10.8. The summed E-state index contributed by atoms with van der Waals surface area (Å²) in [5.41, 5.74) is 2.38. The number of rotatable bonds is 2. The lowest BCUT2D eigenvalue weighted by molar-refractivity contribution is 0.0652. The van der Waals surface area contributed by atoms with Crippen LogP contribution in [0.5, 0.6) is 0 Å². The van der Waals surface area contributed by atoms with Crippen molar-refractivity contribution in [1.82, 2.24) is 9.72 Å². The van der Waals surface area contributed by atoms with Gasteiger partial charge in [-0.05, 0) is 19.1 Å². The number of hydrogen-bond donors (Lipinski definition) is 1. The molecule has 5 nitrogen and oxygen atoms in total. The van der Waals surface area contributed by atoms with Crippen LogP contribution in [0.3, 0.4) is 0 Å². The largest absolute Gasteiger partial charge is 0.475 e. The maximum Gasteiger partial charge on any atom is 0.374 e. The molecule has 2 aromatic heterocycles. The van der Waals surface area contributed by atoms with Crippen molar-refractivity contribution in [2.45, 2.75) is 6.92 Å². The fraction of sp³-hybridized carbons (Fsp3) is 0.143. The maximum atomic E-state index is 14.1. The first-order valence-corrected chi connectivity index (χ1v) is 5.94. The molecule has 0 radical (unpaired) electrons. The van der Waals surface area contributed by atoms with E-state index >= 15 is 0 Å². The average molecular weight is 274 g/mol. The highest BCUT2D eigenvalue weighted by Crippen LogP contribution is 2.35. The van der Waals surface area contributed by atoms with Crippen molar-refractivity contribution >= 4 is 16.9 Å². The lowest BCUT2D eigenvalue weighted by Crippen LogP contribution is -1.92. The third kappa shape index (κ3) is 1.61. The standard InChI is InChI=1S/C14H11FN2O3/c1-7-12(9-6-11(14(18)19)20-16-9)13-8(15)4-3-5-10(13)17(7)2/h3-6H,1-2H3,(H,18,19).